The molecule has 1 aromatic carbocycles. The summed E-state index contributed by atoms with van der Waals surface area (Å²) in [5.41, 5.74) is 4.60. The van der Waals surface area contributed by atoms with E-state index in [0.717, 1.165) is 17.0 Å². The van der Waals surface area contributed by atoms with E-state index in [4.69, 9.17) is 5.73 Å². The van der Waals surface area contributed by atoms with Crippen molar-refractivity contribution in [3.8, 4) is 11.8 Å². The molecule has 1 aliphatic heterocycles. The number of hydrogen-bond acceptors (Lipinski definition) is 6. The first kappa shape index (κ1) is 27.6. The van der Waals surface area contributed by atoms with E-state index >= 15 is 0 Å². The van der Waals surface area contributed by atoms with Crippen LogP contribution in [0.4, 0.5) is 27.8 Å². The maximum Gasteiger partial charge on any atom is 0.522 e. The second-order valence-corrected chi connectivity index (χ2v) is 8.65. The third-order valence-electron chi connectivity index (χ3n) is 6.25. The number of aryl methyl sites for hydroxylation is 1. The van der Waals surface area contributed by atoms with Crippen LogP contribution in [0.25, 0.3) is 11.0 Å². The molecule has 0 unspecified atom stereocenters. The summed E-state index contributed by atoms with van der Waals surface area (Å²) in [6, 6.07) is -0.657. The molecule has 0 aliphatic carbocycles. The van der Waals surface area contributed by atoms with E-state index in [1.807, 2.05) is 0 Å². The Morgan fingerprint density at radius 2 is 2.05 bits per heavy atom. The maximum absolute atomic E-state index is 15.0. The molecule has 1 aliphatic rings. The van der Waals surface area contributed by atoms with Gasteiger partial charge in [-0.15, -0.1) is 13.2 Å². The van der Waals surface area contributed by atoms with Crippen LogP contribution in [0.15, 0.2) is 25.0 Å². The maximum atomic E-state index is 15.0. The fourth-order valence-corrected chi connectivity index (χ4v) is 4.49. The van der Waals surface area contributed by atoms with Crippen LogP contribution in [0, 0.1) is 23.5 Å². The molecule has 39 heavy (non-hydrogen) atoms. The highest BCUT2D eigenvalue weighted by Gasteiger charge is 2.40. The number of rotatable bonds is 6. The van der Waals surface area contributed by atoms with Gasteiger partial charge >= 0.3 is 6.36 Å². The Balaban J connectivity index is 1.75. The molecule has 3 aromatic rings. The molecule has 1 fully saturated rings. The number of benzene rings is 1. The molecule has 3 heterocycles. The van der Waals surface area contributed by atoms with Crippen LogP contribution < -0.4 is 11.1 Å². The van der Waals surface area contributed by atoms with Crippen LogP contribution in [0.3, 0.4) is 0 Å². The minimum absolute atomic E-state index is 0.0311. The molecule has 206 valence electrons. The van der Waals surface area contributed by atoms with Crippen LogP contribution in [0.5, 0.6) is 0 Å². The van der Waals surface area contributed by atoms with E-state index in [9.17, 15) is 31.5 Å². The number of hydrogen-bond donors (Lipinski definition) is 2. The summed E-state index contributed by atoms with van der Waals surface area (Å²) in [5.74, 6) is 1.31. The molecule has 0 spiro atoms. The van der Waals surface area contributed by atoms with E-state index in [0.29, 0.717) is 0 Å². The van der Waals surface area contributed by atoms with Gasteiger partial charge < -0.3 is 20.5 Å². The van der Waals surface area contributed by atoms with Crippen LogP contribution >= 0.6 is 0 Å². The summed E-state index contributed by atoms with van der Waals surface area (Å²) < 4.78 is 74.3. The minimum Gasteiger partial charge on any atom is -0.373 e. The Kier molecular flexibility index (Phi) is 7.33. The van der Waals surface area contributed by atoms with Crippen LogP contribution in [-0.2, 0) is 16.6 Å². The normalized spacial score (nSPS) is 17.3. The number of imidazole rings is 1. The van der Waals surface area contributed by atoms with Gasteiger partial charge in [-0.05, 0) is 18.4 Å². The fraction of sp³-hybridized carbons (Fsp3) is 0.333. The number of fused-ring (bicyclic) bond motifs is 1. The monoisotopic (exact) mass is 551 g/mol. The Bertz CT molecular complexity index is 1530. The number of alkyl halides is 3. The highest BCUT2D eigenvalue weighted by Crippen LogP contribution is 2.33. The number of amides is 2. The summed E-state index contributed by atoms with van der Waals surface area (Å²) in [6.07, 6.45) is -2.67. The Hall–Kier alpha value is -4.45. The quantitative estimate of drug-likeness (QED) is 0.276. The number of likely N-dealkylation sites (tertiary alicyclic amines) is 1. The van der Waals surface area contributed by atoms with E-state index in [1.165, 1.54) is 22.6 Å². The van der Waals surface area contributed by atoms with Gasteiger partial charge in [0.25, 0.3) is 5.91 Å². The standard InChI is InChI=1S/C24H22F5N7O3/c1-4-18(37)35-9-12(7-13(35)10-39-24(27,28)29)36-23(31-2)19(22(30)38)16(33-36)6-5-14-15(25)8-17-21(20(14)26)32-11-34(17)3/h4,8,11-13,31H,1,7,9-10H2,2-3H3,(H2,30,38)/t12-,13+/m0/s1. The van der Waals surface area contributed by atoms with E-state index in [2.05, 4.69) is 38.6 Å². The van der Waals surface area contributed by atoms with Crippen molar-refractivity contribution in [1.29, 1.82) is 0 Å². The number of nitrogens with two attached hydrogens (primary N) is 1. The van der Waals surface area contributed by atoms with Crippen molar-refractivity contribution in [2.45, 2.75) is 24.9 Å². The SMILES string of the molecule is C=CC(=O)N1C[C@@H](n2nc(C#Cc3c(F)cc4c(ncn4C)c3F)c(C(N)=O)c2NC)C[C@@H]1COC(F)(F)F. The molecule has 4 rings (SSSR count). The molecule has 10 nitrogen and oxygen atoms in total. The van der Waals surface area contributed by atoms with Crippen molar-refractivity contribution >= 4 is 28.7 Å². The number of ether oxygens (including phenoxy) is 1. The lowest BCUT2D eigenvalue weighted by molar-refractivity contribution is -0.327. The number of halogens is 5. The van der Waals surface area contributed by atoms with Gasteiger partial charge in [-0.3, -0.25) is 14.3 Å². The highest BCUT2D eigenvalue weighted by molar-refractivity contribution is 6.00. The largest absolute Gasteiger partial charge is 0.522 e. The minimum atomic E-state index is -4.91. The first-order chi connectivity index (χ1) is 18.4. The third kappa shape index (κ3) is 5.28. The first-order valence-corrected chi connectivity index (χ1v) is 11.4. The molecule has 15 heteroatoms. The number of aromatic nitrogens is 4. The van der Waals surface area contributed by atoms with Crippen molar-refractivity contribution < 1.29 is 36.3 Å². The Morgan fingerprint density at radius 1 is 1.33 bits per heavy atom. The molecule has 0 radical (unpaired) electrons. The number of anilines is 1. The van der Waals surface area contributed by atoms with E-state index < -0.39 is 54.1 Å². The van der Waals surface area contributed by atoms with Gasteiger partial charge in [0.05, 0.1) is 36.1 Å². The molecular formula is C24H22F5N7O3. The molecule has 2 amide bonds. The average Bonchev–Trinajstić information content (AvgIpc) is 3.56. The lowest BCUT2D eigenvalue weighted by atomic mass is 10.1. The van der Waals surface area contributed by atoms with Gasteiger partial charge in [0.15, 0.2) is 11.5 Å². The molecule has 2 aromatic heterocycles. The van der Waals surface area contributed by atoms with Crippen molar-refractivity contribution in [2.24, 2.45) is 12.8 Å². The summed E-state index contributed by atoms with van der Waals surface area (Å²) in [5, 5.41) is 7.03. The van der Waals surface area contributed by atoms with Gasteiger partial charge in [-0.25, -0.2) is 18.4 Å². The van der Waals surface area contributed by atoms with Crippen molar-refractivity contribution in [2.75, 3.05) is 25.5 Å². The molecule has 2 atom stereocenters. The zero-order valence-electron chi connectivity index (χ0n) is 20.6. The fourth-order valence-electron chi connectivity index (χ4n) is 4.49. The average molecular weight is 551 g/mol. The van der Waals surface area contributed by atoms with Gasteiger partial charge in [0.1, 0.15) is 22.7 Å². The van der Waals surface area contributed by atoms with Crippen molar-refractivity contribution in [3.63, 3.8) is 0 Å². The molecular weight excluding hydrogens is 529 g/mol. The lowest BCUT2D eigenvalue weighted by Crippen LogP contribution is -2.38. The molecule has 1 saturated heterocycles. The number of primary amides is 1. The predicted molar refractivity (Wildman–Crippen MR) is 128 cm³/mol. The number of carbonyl (C=O) groups excluding carboxylic acids is 2. The second-order valence-electron chi connectivity index (χ2n) is 8.65. The highest BCUT2D eigenvalue weighted by atomic mass is 19.4. The molecule has 0 bridgehead atoms. The van der Waals surface area contributed by atoms with Crippen molar-refractivity contribution in [1.82, 2.24) is 24.2 Å². The topological polar surface area (TPSA) is 120 Å². The zero-order chi connectivity index (χ0) is 28.6. The van der Waals surface area contributed by atoms with Crippen molar-refractivity contribution in [3.05, 3.63) is 53.5 Å². The summed E-state index contributed by atoms with van der Waals surface area (Å²) in [6.45, 7) is 2.44. The van der Waals surface area contributed by atoms with Gasteiger partial charge in [0, 0.05) is 26.7 Å². The van der Waals surface area contributed by atoms with E-state index in [-0.39, 0.29) is 41.1 Å². The lowest BCUT2D eigenvalue weighted by Gasteiger charge is -2.23. The molecule has 0 saturated carbocycles. The number of nitrogens with one attached hydrogen (secondary N) is 1. The molecule has 3 N–H and O–H groups in total. The number of carbonyl (C=O) groups is 2. The van der Waals surface area contributed by atoms with Gasteiger partial charge in [-0.1, -0.05) is 12.5 Å². The van der Waals surface area contributed by atoms with Gasteiger partial charge in [0.2, 0.25) is 5.91 Å². The predicted octanol–water partition coefficient (Wildman–Crippen LogP) is 2.45. The van der Waals surface area contributed by atoms with Crippen LogP contribution in [0.1, 0.15) is 34.1 Å². The zero-order valence-corrected chi connectivity index (χ0v) is 20.6. The smallest absolute Gasteiger partial charge is 0.373 e. The van der Waals surface area contributed by atoms with Crippen LogP contribution in [-0.4, -0.2) is 68.6 Å². The summed E-state index contributed by atoms with van der Waals surface area (Å²) >= 11 is 0. The summed E-state index contributed by atoms with van der Waals surface area (Å²) in [7, 11) is 3.01. The Labute approximate surface area is 218 Å². The third-order valence-corrected chi connectivity index (χ3v) is 6.25. The van der Waals surface area contributed by atoms with Gasteiger partial charge in [-0.2, -0.15) is 5.10 Å². The number of nitrogens with zero attached hydrogens (tertiary/aromatic N) is 5. The van der Waals surface area contributed by atoms with E-state index in [1.54, 1.807) is 7.05 Å². The van der Waals surface area contributed by atoms with Crippen LogP contribution in [0.2, 0.25) is 0 Å². The first-order valence-electron chi connectivity index (χ1n) is 11.4. The summed E-state index contributed by atoms with van der Waals surface area (Å²) in [4.78, 5) is 29.7. The second kappa shape index (κ2) is 10.4. The Morgan fingerprint density at radius 3 is 2.67 bits per heavy atom.